The molecule has 2 N–H and O–H groups in total. The van der Waals surface area contributed by atoms with Crippen molar-refractivity contribution in [1.82, 2.24) is 9.97 Å². The van der Waals surface area contributed by atoms with Crippen molar-refractivity contribution in [3.05, 3.63) is 58.7 Å². The molecule has 0 atom stereocenters. The normalized spacial score (nSPS) is 10.4. The van der Waals surface area contributed by atoms with Gasteiger partial charge in [-0.2, -0.15) is 4.98 Å². The summed E-state index contributed by atoms with van der Waals surface area (Å²) in [6, 6.07) is 13.2. The fourth-order valence-electron chi connectivity index (χ4n) is 2.55. The average molecular weight is 385 g/mol. The first-order valence-corrected chi connectivity index (χ1v) is 8.74. The predicted octanol–water partition coefficient (Wildman–Crippen LogP) is 5.25. The number of halogens is 1. The molecule has 0 radical (unpaired) electrons. The van der Waals surface area contributed by atoms with Crippen LogP contribution in [0.3, 0.4) is 0 Å². The molecule has 140 valence electrons. The van der Waals surface area contributed by atoms with Crippen molar-refractivity contribution in [3.63, 3.8) is 0 Å². The van der Waals surface area contributed by atoms with Crippen LogP contribution in [-0.4, -0.2) is 24.2 Å². The third kappa shape index (κ3) is 4.60. The number of ether oxygens (including phenoxy) is 2. The van der Waals surface area contributed by atoms with Crippen molar-refractivity contribution < 1.29 is 9.47 Å². The maximum atomic E-state index is 6.20. The van der Waals surface area contributed by atoms with Crippen LogP contribution < -0.4 is 20.1 Å². The minimum atomic E-state index is 0.475. The molecule has 0 amide bonds. The molecule has 3 aromatic rings. The molecule has 0 aliphatic heterocycles. The lowest BCUT2D eigenvalue weighted by Crippen LogP contribution is -2.03. The standard InChI is InChI=1S/C20H21ClN4O2/c1-12-5-6-14(10-16(12)21)23-19-9-13(2)22-20(25-19)24-15-7-8-17(26-3)18(11-15)27-4/h5-11H,1-4H3,(H2,22,23,24,25). The second-order valence-corrected chi connectivity index (χ2v) is 6.41. The molecule has 0 saturated heterocycles. The number of hydrogen-bond acceptors (Lipinski definition) is 6. The molecule has 3 rings (SSSR count). The summed E-state index contributed by atoms with van der Waals surface area (Å²) < 4.78 is 10.6. The van der Waals surface area contributed by atoms with E-state index in [0.29, 0.717) is 28.3 Å². The molecular weight excluding hydrogens is 364 g/mol. The van der Waals surface area contributed by atoms with Gasteiger partial charge in [-0.25, -0.2) is 4.98 Å². The number of hydrogen-bond donors (Lipinski definition) is 2. The predicted molar refractivity (Wildman–Crippen MR) is 109 cm³/mol. The average Bonchev–Trinajstić information content (AvgIpc) is 2.64. The van der Waals surface area contributed by atoms with Crippen LogP contribution in [0, 0.1) is 13.8 Å². The molecule has 0 bridgehead atoms. The Balaban J connectivity index is 1.84. The first-order valence-electron chi connectivity index (χ1n) is 8.36. The number of nitrogens with one attached hydrogen (secondary N) is 2. The monoisotopic (exact) mass is 384 g/mol. The summed E-state index contributed by atoms with van der Waals surface area (Å²) in [6.45, 7) is 3.88. The highest BCUT2D eigenvalue weighted by molar-refractivity contribution is 6.31. The molecule has 0 spiro atoms. The zero-order chi connectivity index (χ0) is 19.4. The van der Waals surface area contributed by atoms with E-state index in [9.17, 15) is 0 Å². The van der Waals surface area contributed by atoms with E-state index in [1.165, 1.54) is 0 Å². The molecule has 0 aliphatic carbocycles. The molecule has 0 unspecified atom stereocenters. The van der Waals surface area contributed by atoms with Gasteiger partial charge >= 0.3 is 0 Å². The number of nitrogens with zero attached hydrogens (tertiary/aromatic N) is 2. The van der Waals surface area contributed by atoms with Crippen LogP contribution >= 0.6 is 11.6 Å². The van der Waals surface area contributed by atoms with Crippen molar-refractivity contribution in [2.45, 2.75) is 13.8 Å². The molecule has 0 fully saturated rings. The summed E-state index contributed by atoms with van der Waals surface area (Å²) in [4.78, 5) is 8.97. The Labute approximate surface area is 163 Å². The quantitative estimate of drug-likeness (QED) is 0.604. The zero-order valence-electron chi connectivity index (χ0n) is 15.6. The molecule has 0 saturated carbocycles. The molecule has 1 heterocycles. The highest BCUT2D eigenvalue weighted by Gasteiger charge is 2.08. The lowest BCUT2D eigenvalue weighted by molar-refractivity contribution is 0.355. The van der Waals surface area contributed by atoms with Crippen molar-refractivity contribution in [2.75, 3.05) is 24.9 Å². The first kappa shape index (κ1) is 18.8. The van der Waals surface area contributed by atoms with E-state index >= 15 is 0 Å². The Morgan fingerprint density at radius 2 is 1.52 bits per heavy atom. The molecule has 1 aromatic heterocycles. The van der Waals surface area contributed by atoms with Gasteiger partial charge in [0.15, 0.2) is 11.5 Å². The van der Waals surface area contributed by atoms with Gasteiger partial charge in [-0.15, -0.1) is 0 Å². The molecule has 27 heavy (non-hydrogen) atoms. The number of rotatable bonds is 6. The van der Waals surface area contributed by atoms with E-state index in [0.717, 1.165) is 22.6 Å². The van der Waals surface area contributed by atoms with Crippen LogP contribution in [0.5, 0.6) is 11.5 Å². The summed E-state index contributed by atoms with van der Waals surface area (Å²) in [6.07, 6.45) is 0. The van der Waals surface area contributed by atoms with Crippen LogP contribution in [0.25, 0.3) is 0 Å². The summed E-state index contributed by atoms with van der Waals surface area (Å²) in [5.74, 6) is 2.43. The number of methoxy groups -OCH3 is 2. The third-order valence-corrected chi connectivity index (χ3v) is 4.35. The van der Waals surface area contributed by atoms with Gasteiger partial charge in [0.1, 0.15) is 5.82 Å². The molecule has 0 aliphatic rings. The minimum Gasteiger partial charge on any atom is -0.493 e. The maximum Gasteiger partial charge on any atom is 0.229 e. The van der Waals surface area contributed by atoms with Gasteiger partial charge in [-0.05, 0) is 43.7 Å². The lowest BCUT2D eigenvalue weighted by atomic mass is 10.2. The second-order valence-electron chi connectivity index (χ2n) is 6.00. The third-order valence-electron chi connectivity index (χ3n) is 3.94. The van der Waals surface area contributed by atoms with Gasteiger partial charge < -0.3 is 20.1 Å². The fourth-order valence-corrected chi connectivity index (χ4v) is 2.73. The topological polar surface area (TPSA) is 68.3 Å². The van der Waals surface area contributed by atoms with E-state index in [4.69, 9.17) is 21.1 Å². The fraction of sp³-hybridized carbons (Fsp3) is 0.200. The first-order chi connectivity index (χ1) is 13.0. The number of aromatic nitrogens is 2. The Morgan fingerprint density at radius 3 is 2.22 bits per heavy atom. The SMILES string of the molecule is COc1ccc(Nc2nc(C)cc(Nc3ccc(C)c(Cl)c3)n2)cc1OC. The van der Waals surface area contributed by atoms with E-state index in [-0.39, 0.29) is 0 Å². The van der Waals surface area contributed by atoms with Gasteiger partial charge in [-0.3, -0.25) is 0 Å². The summed E-state index contributed by atoms with van der Waals surface area (Å²) >= 11 is 6.20. The van der Waals surface area contributed by atoms with Gasteiger partial charge in [0.2, 0.25) is 5.95 Å². The van der Waals surface area contributed by atoms with Gasteiger partial charge in [0, 0.05) is 34.2 Å². The van der Waals surface area contributed by atoms with Crippen molar-refractivity contribution in [3.8, 4) is 11.5 Å². The van der Waals surface area contributed by atoms with Crippen LogP contribution in [0.2, 0.25) is 5.02 Å². The molecule has 7 heteroatoms. The highest BCUT2D eigenvalue weighted by Crippen LogP contribution is 2.31. The van der Waals surface area contributed by atoms with E-state index < -0.39 is 0 Å². The number of benzene rings is 2. The van der Waals surface area contributed by atoms with Crippen molar-refractivity contribution in [1.29, 1.82) is 0 Å². The lowest BCUT2D eigenvalue weighted by Gasteiger charge is -2.12. The Hall–Kier alpha value is -2.99. The van der Waals surface area contributed by atoms with Crippen LogP contribution in [-0.2, 0) is 0 Å². The largest absolute Gasteiger partial charge is 0.493 e. The number of anilines is 4. The molecule has 2 aromatic carbocycles. The zero-order valence-corrected chi connectivity index (χ0v) is 16.4. The summed E-state index contributed by atoms with van der Waals surface area (Å²) in [5.41, 5.74) is 3.51. The Bertz CT molecular complexity index is 963. The summed E-state index contributed by atoms with van der Waals surface area (Å²) in [5, 5.41) is 7.16. The number of aryl methyl sites for hydroxylation is 2. The summed E-state index contributed by atoms with van der Waals surface area (Å²) in [7, 11) is 3.20. The Morgan fingerprint density at radius 1 is 0.815 bits per heavy atom. The minimum absolute atomic E-state index is 0.475. The Kier molecular flexibility index (Phi) is 5.66. The van der Waals surface area contributed by atoms with Gasteiger partial charge in [0.05, 0.1) is 14.2 Å². The second kappa shape index (κ2) is 8.14. The van der Waals surface area contributed by atoms with Crippen molar-refractivity contribution in [2.24, 2.45) is 0 Å². The van der Waals surface area contributed by atoms with Crippen LogP contribution in [0.15, 0.2) is 42.5 Å². The van der Waals surface area contributed by atoms with Crippen molar-refractivity contribution >= 4 is 34.7 Å². The van der Waals surface area contributed by atoms with E-state index in [2.05, 4.69) is 20.6 Å². The van der Waals surface area contributed by atoms with Gasteiger partial charge in [0.25, 0.3) is 0 Å². The maximum absolute atomic E-state index is 6.20. The smallest absolute Gasteiger partial charge is 0.229 e. The highest BCUT2D eigenvalue weighted by atomic mass is 35.5. The van der Waals surface area contributed by atoms with E-state index in [1.54, 1.807) is 14.2 Å². The van der Waals surface area contributed by atoms with Gasteiger partial charge in [-0.1, -0.05) is 17.7 Å². The van der Waals surface area contributed by atoms with E-state index in [1.807, 2.05) is 56.3 Å². The molecule has 6 nitrogen and oxygen atoms in total. The molecular formula is C20H21ClN4O2. The van der Waals surface area contributed by atoms with Crippen LogP contribution in [0.4, 0.5) is 23.1 Å². The van der Waals surface area contributed by atoms with Crippen LogP contribution in [0.1, 0.15) is 11.3 Å².